The van der Waals surface area contributed by atoms with Crippen molar-refractivity contribution in [1.82, 2.24) is 15.0 Å². The lowest BCUT2D eigenvalue weighted by molar-refractivity contribution is 1.28. The molecule has 5 heteroatoms. The zero-order valence-electron chi connectivity index (χ0n) is 5.31. The standard InChI is InChI=1S/C6H3Br2N3/c7-3-1-4(8)11-6-5(3)9-2-10-6/h1-2H,(H,9,10,11). The monoisotopic (exact) mass is 275 g/mol. The van der Waals surface area contributed by atoms with Gasteiger partial charge in [0.05, 0.1) is 6.33 Å². The second-order valence-electron chi connectivity index (χ2n) is 2.03. The minimum atomic E-state index is 0.784. The fourth-order valence-electron chi connectivity index (χ4n) is 0.859. The summed E-state index contributed by atoms with van der Waals surface area (Å²) in [4.78, 5) is 11.2. The third-order valence-corrected chi connectivity index (χ3v) is 2.32. The molecule has 0 atom stereocenters. The topological polar surface area (TPSA) is 41.6 Å². The van der Waals surface area contributed by atoms with Crippen LogP contribution in [0, 0.1) is 0 Å². The SMILES string of the molecule is Brc1cc(Br)c2nc[nH]c2n1. The van der Waals surface area contributed by atoms with Gasteiger partial charge in [0.1, 0.15) is 10.1 Å². The van der Waals surface area contributed by atoms with Crippen LogP contribution in [0.3, 0.4) is 0 Å². The molecule has 0 fully saturated rings. The molecule has 0 aliphatic heterocycles. The molecule has 0 radical (unpaired) electrons. The van der Waals surface area contributed by atoms with Crippen LogP contribution in [-0.4, -0.2) is 15.0 Å². The highest BCUT2D eigenvalue weighted by Crippen LogP contribution is 2.22. The van der Waals surface area contributed by atoms with Gasteiger partial charge in [-0.05, 0) is 37.9 Å². The van der Waals surface area contributed by atoms with Crippen molar-refractivity contribution < 1.29 is 0 Å². The van der Waals surface area contributed by atoms with E-state index in [2.05, 4.69) is 46.8 Å². The van der Waals surface area contributed by atoms with Gasteiger partial charge >= 0.3 is 0 Å². The van der Waals surface area contributed by atoms with E-state index in [4.69, 9.17) is 0 Å². The predicted octanol–water partition coefficient (Wildman–Crippen LogP) is 2.48. The summed E-state index contributed by atoms with van der Waals surface area (Å²) in [7, 11) is 0. The Labute approximate surface area is 79.5 Å². The highest BCUT2D eigenvalue weighted by Gasteiger charge is 2.02. The summed E-state index contributed by atoms with van der Waals surface area (Å²) in [6.07, 6.45) is 1.62. The molecule has 0 amide bonds. The van der Waals surface area contributed by atoms with E-state index in [1.165, 1.54) is 0 Å². The minimum Gasteiger partial charge on any atom is -0.329 e. The van der Waals surface area contributed by atoms with Crippen molar-refractivity contribution >= 4 is 43.0 Å². The average Bonchev–Trinajstić information content (AvgIpc) is 2.34. The Hall–Kier alpha value is -0.420. The Morgan fingerprint density at radius 3 is 3.00 bits per heavy atom. The van der Waals surface area contributed by atoms with Crippen LogP contribution in [0.1, 0.15) is 0 Å². The molecule has 2 aromatic heterocycles. The van der Waals surface area contributed by atoms with Crippen LogP contribution in [0.25, 0.3) is 11.2 Å². The highest BCUT2D eigenvalue weighted by molar-refractivity contribution is 9.11. The number of imidazole rings is 1. The molecule has 1 N–H and O–H groups in total. The first-order chi connectivity index (χ1) is 5.27. The third-order valence-electron chi connectivity index (χ3n) is 1.31. The van der Waals surface area contributed by atoms with Crippen LogP contribution >= 0.6 is 31.9 Å². The summed E-state index contributed by atoms with van der Waals surface area (Å²) >= 11 is 6.65. The van der Waals surface area contributed by atoms with Crippen LogP contribution in [0.5, 0.6) is 0 Å². The summed E-state index contributed by atoms with van der Waals surface area (Å²) in [5.74, 6) is 0. The van der Waals surface area contributed by atoms with Gasteiger partial charge in [-0.15, -0.1) is 0 Å². The molecule has 0 unspecified atom stereocenters. The van der Waals surface area contributed by atoms with Crippen LogP contribution in [0.4, 0.5) is 0 Å². The second-order valence-corrected chi connectivity index (χ2v) is 3.69. The molecule has 0 spiro atoms. The number of rotatable bonds is 0. The number of pyridine rings is 1. The lowest BCUT2D eigenvalue weighted by Crippen LogP contribution is -1.79. The van der Waals surface area contributed by atoms with E-state index in [1.807, 2.05) is 6.07 Å². The van der Waals surface area contributed by atoms with E-state index in [-0.39, 0.29) is 0 Å². The third kappa shape index (κ3) is 1.18. The number of hydrogen-bond acceptors (Lipinski definition) is 2. The summed E-state index contributed by atoms with van der Waals surface area (Å²) in [5.41, 5.74) is 1.64. The fourth-order valence-corrected chi connectivity index (χ4v) is 2.08. The number of aromatic nitrogens is 3. The molecule has 0 saturated carbocycles. The van der Waals surface area contributed by atoms with Crippen LogP contribution < -0.4 is 0 Å². The van der Waals surface area contributed by atoms with Gasteiger partial charge in [-0.3, -0.25) is 0 Å². The Kier molecular flexibility index (Phi) is 1.69. The molecule has 2 aromatic rings. The van der Waals surface area contributed by atoms with Gasteiger partial charge in [-0.25, -0.2) is 9.97 Å². The summed E-state index contributed by atoms with van der Waals surface area (Å²) in [5, 5.41) is 0. The maximum atomic E-state index is 4.17. The zero-order chi connectivity index (χ0) is 7.84. The van der Waals surface area contributed by atoms with Crippen LogP contribution in [0.15, 0.2) is 21.5 Å². The summed E-state index contributed by atoms with van der Waals surface area (Å²) in [6.45, 7) is 0. The van der Waals surface area contributed by atoms with E-state index >= 15 is 0 Å². The molecular weight excluding hydrogens is 274 g/mol. The molecular formula is C6H3Br2N3. The van der Waals surface area contributed by atoms with Gasteiger partial charge in [0.2, 0.25) is 0 Å². The molecule has 2 rings (SSSR count). The van der Waals surface area contributed by atoms with E-state index in [0.717, 1.165) is 20.2 Å². The number of aromatic amines is 1. The maximum absolute atomic E-state index is 4.17. The van der Waals surface area contributed by atoms with Crippen molar-refractivity contribution in [3.8, 4) is 0 Å². The van der Waals surface area contributed by atoms with Crippen molar-refractivity contribution in [2.75, 3.05) is 0 Å². The number of nitrogens with zero attached hydrogens (tertiary/aromatic N) is 2. The molecule has 3 nitrogen and oxygen atoms in total. The van der Waals surface area contributed by atoms with Crippen LogP contribution in [0.2, 0.25) is 0 Å². The Morgan fingerprint density at radius 2 is 2.18 bits per heavy atom. The molecule has 56 valence electrons. The smallest absolute Gasteiger partial charge is 0.159 e. The predicted molar refractivity (Wildman–Crippen MR) is 49.3 cm³/mol. The normalized spacial score (nSPS) is 10.7. The van der Waals surface area contributed by atoms with Crippen molar-refractivity contribution in [3.05, 3.63) is 21.5 Å². The minimum absolute atomic E-state index is 0.784. The Morgan fingerprint density at radius 1 is 1.36 bits per heavy atom. The molecule has 0 saturated heterocycles. The largest absolute Gasteiger partial charge is 0.329 e. The number of nitrogens with one attached hydrogen (secondary N) is 1. The van der Waals surface area contributed by atoms with Crippen molar-refractivity contribution in [3.63, 3.8) is 0 Å². The van der Waals surface area contributed by atoms with Gasteiger partial charge < -0.3 is 4.98 Å². The Bertz CT molecular complexity index is 396. The summed E-state index contributed by atoms with van der Waals surface area (Å²) in [6, 6.07) is 1.86. The average molecular weight is 277 g/mol. The molecule has 0 aliphatic carbocycles. The maximum Gasteiger partial charge on any atom is 0.159 e. The lowest BCUT2D eigenvalue weighted by atomic mass is 10.4. The van der Waals surface area contributed by atoms with Gasteiger partial charge in [-0.1, -0.05) is 0 Å². The van der Waals surface area contributed by atoms with Crippen molar-refractivity contribution in [2.24, 2.45) is 0 Å². The quantitative estimate of drug-likeness (QED) is 0.751. The molecule has 0 aromatic carbocycles. The van der Waals surface area contributed by atoms with E-state index in [1.54, 1.807) is 6.33 Å². The van der Waals surface area contributed by atoms with Gasteiger partial charge in [0.25, 0.3) is 0 Å². The first kappa shape index (κ1) is 7.24. The highest BCUT2D eigenvalue weighted by atomic mass is 79.9. The van der Waals surface area contributed by atoms with Crippen molar-refractivity contribution in [1.29, 1.82) is 0 Å². The van der Waals surface area contributed by atoms with Gasteiger partial charge in [0.15, 0.2) is 5.65 Å². The molecule has 0 aliphatic rings. The van der Waals surface area contributed by atoms with E-state index in [9.17, 15) is 0 Å². The first-order valence-corrected chi connectivity index (χ1v) is 4.51. The van der Waals surface area contributed by atoms with Gasteiger partial charge in [-0.2, -0.15) is 0 Å². The first-order valence-electron chi connectivity index (χ1n) is 2.92. The van der Waals surface area contributed by atoms with Crippen molar-refractivity contribution in [2.45, 2.75) is 0 Å². The lowest BCUT2D eigenvalue weighted by Gasteiger charge is -1.92. The molecule has 2 heterocycles. The number of H-pyrrole nitrogens is 1. The molecule has 0 bridgehead atoms. The van der Waals surface area contributed by atoms with Crippen LogP contribution in [-0.2, 0) is 0 Å². The summed E-state index contributed by atoms with van der Waals surface area (Å²) < 4.78 is 1.73. The fraction of sp³-hybridized carbons (Fsp3) is 0. The Balaban J connectivity index is 2.91. The number of hydrogen-bond donors (Lipinski definition) is 1. The molecule has 11 heavy (non-hydrogen) atoms. The van der Waals surface area contributed by atoms with Gasteiger partial charge in [0, 0.05) is 4.47 Å². The second kappa shape index (κ2) is 2.57. The van der Waals surface area contributed by atoms with E-state index < -0.39 is 0 Å². The number of fused-ring (bicyclic) bond motifs is 1. The van der Waals surface area contributed by atoms with E-state index in [0.29, 0.717) is 0 Å². The zero-order valence-corrected chi connectivity index (χ0v) is 8.48. The number of halogens is 2.